The first-order chi connectivity index (χ1) is 7.05. The molecule has 3 heteroatoms. The molecule has 0 amide bonds. The van der Waals surface area contributed by atoms with Crippen molar-refractivity contribution in [1.82, 2.24) is 10.2 Å². The molecular formula is C12H24N2O. The highest BCUT2D eigenvalue weighted by molar-refractivity contribution is 4.95. The van der Waals surface area contributed by atoms with Gasteiger partial charge in [-0.05, 0) is 31.3 Å². The van der Waals surface area contributed by atoms with Crippen LogP contribution in [0.25, 0.3) is 0 Å². The first kappa shape index (κ1) is 11.4. The molecule has 1 atom stereocenters. The molecular weight excluding hydrogens is 188 g/mol. The van der Waals surface area contributed by atoms with E-state index in [4.69, 9.17) is 4.74 Å². The average molecular weight is 212 g/mol. The number of rotatable bonds is 3. The SMILES string of the molecule is COC1(CN2CCC(C)(C)C2)CCNC1. The van der Waals surface area contributed by atoms with Crippen LogP contribution in [-0.2, 0) is 4.74 Å². The summed E-state index contributed by atoms with van der Waals surface area (Å²) in [6.45, 7) is 10.4. The van der Waals surface area contributed by atoms with E-state index in [2.05, 4.69) is 24.1 Å². The largest absolute Gasteiger partial charge is 0.376 e. The van der Waals surface area contributed by atoms with Gasteiger partial charge in [-0.1, -0.05) is 13.8 Å². The zero-order valence-corrected chi connectivity index (χ0v) is 10.3. The summed E-state index contributed by atoms with van der Waals surface area (Å²) in [6, 6.07) is 0. The predicted octanol–water partition coefficient (Wildman–Crippen LogP) is 1.10. The third kappa shape index (κ3) is 2.52. The minimum atomic E-state index is 0.0837. The minimum Gasteiger partial charge on any atom is -0.376 e. The van der Waals surface area contributed by atoms with Crippen molar-refractivity contribution in [3.8, 4) is 0 Å². The van der Waals surface area contributed by atoms with E-state index in [1.807, 2.05) is 7.11 Å². The Kier molecular flexibility index (Phi) is 3.06. The fraction of sp³-hybridized carbons (Fsp3) is 1.00. The van der Waals surface area contributed by atoms with Crippen LogP contribution in [0.4, 0.5) is 0 Å². The van der Waals surface area contributed by atoms with E-state index in [1.54, 1.807) is 0 Å². The predicted molar refractivity (Wildman–Crippen MR) is 62.1 cm³/mol. The Labute approximate surface area is 93.2 Å². The highest BCUT2D eigenvalue weighted by atomic mass is 16.5. The van der Waals surface area contributed by atoms with Crippen molar-refractivity contribution >= 4 is 0 Å². The molecule has 15 heavy (non-hydrogen) atoms. The van der Waals surface area contributed by atoms with Crippen LogP contribution < -0.4 is 5.32 Å². The van der Waals surface area contributed by atoms with E-state index in [1.165, 1.54) is 19.5 Å². The molecule has 0 aliphatic carbocycles. The lowest BCUT2D eigenvalue weighted by molar-refractivity contribution is -0.0179. The molecule has 2 rings (SSSR count). The third-order valence-corrected chi connectivity index (χ3v) is 3.91. The van der Waals surface area contributed by atoms with E-state index >= 15 is 0 Å². The van der Waals surface area contributed by atoms with Gasteiger partial charge < -0.3 is 10.1 Å². The molecule has 1 unspecified atom stereocenters. The van der Waals surface area contributed by atoms with Crippen LogP contribution in [0.1, 0.15) is 26.7 Å². The molecule has 2 heterocycles. The van der Waals surface area contributed by atoms with Gasteiger partial charge in [0.25, 0.3) is 0 Å². The lowest BCUT2D eigenvalue weighted by atomic mass is 9.93. The molecule has 2 aliphatic rings. The van der Waals surface area contributed by atoms with Gasteiger partial charge in [0.15, 0.2) is 0 Å². The first-order valence-corrected chi connectivity index (χ1v) is 6.04. The molecule has 2 aliphatic heterocycles. The van der Waals surface area contributed by atoms with Gasteiger partial charge in [0.2, 0.25) is 0 Å². The summed E-state index contributed by atoms with van der Waals surface area (Å²) in [7, 11) is 1.86. The molecule has 0 aromatic heterocycles. The second-order valence-corrected chi connectivity index (χ2v) is 5.94. The van der Waals surface area contributed by atoms with Gasteiger partial charge in [-0.2, -0.15) is 0 Å². The maximum absolute atomic E-state index is 5.72. The number of ether oxygens (including phenoxy) is 1. The summed E-state index contributed by atoms with van der Waals surface area (Å²) >= 11 is 0. The van der Waals surface area contributed by atoms with Gasteiger partial charge in [-0.15, -0.1) is 0 Å². The zero-order chi connectivity index (χ0) is 10.9. The average Bonchev–Trinajstić information content (AvgIpc) is 2.75. The topological polar surface area (TPSA) is 24.5 Å². The monoisotopic (exact) mass is 212 g/mol. The molecule has 0 aromatic carbocycles. The van der Waals surface area contributed by atoms with E-state index in [9.17, 15) is 0 Å². The molecule has 0 aromatic rings. The van der Waals surface area contributed by atoms with Gasteiger partial charge in [-0.25, -0.2) is 0 Å². The van der Waals surface area contributed by atoms with Crippen molar-refractivity contribution in [2.45, 2.75) is 32.3 Å². The van der Waals surface area contributed by atoms with Gasteiger partial charge in [0.05, 0.1) is 5.60 Å². The van der Waals surface area contributed by atoms with Crippen LogP contribution in [0.15, 0.2) is 0 Å². The van der Waals surface area contributed by atoms with Crippen molar-refractivity contribution < 1.29 is 4.74 Å². The van der Waals surface area contributed by atoms with Gasteiger partial charge in [-0.3, -0.25) is 4.90 Å². The summed E-state index contributed by atoms with van der Waals surface area (Å²) in [5.41, 5.74) is 0.585. The number of methoxy groups -OCH3 is 1. The van der Waals surface area contributed by atoms with E-state index in [-0.39, 0.29) is 5.60 Å². The summed E-state index contributed by atoms with van der Waals surface area (Å²) in [6.07, 6.45) is 2.47. The second kappa shape index (κ2) is 4.04. The number of hydrogen-bond acceptors (Lipinski definition) is 3. The Morgan fingerprint density at radius 3 is 2.60 bits per heavy atom. The second-order valence-electron chi connectivity index (χ2n) is 5.94. The minimum absolute atomic E-state index is 0.0837. The van der Waals surface area contributed by atoms with Gasteiger partial charge >= 0.3 is 0 Å². The number of likely N-dealkylation sites (tertiary alicyclic amines) is 1. The Balaban J connectivity index is 1.91. The molecule has 3 nitrogen and oxygen atoms in total. The summed E-state index contributed by atoms with van der Waals surface area (Å²) in [5, 5.41) is 3.41. The summed E-state index contributed by atoms with van der Waals surface area (Å²) in [4.78, 5) is 2.57. The Bertz CT molecular complexity index is 222. The molecule has 0 saturated carbocycles. The molecule has 0 bridgehead atoms. The molecule has 2 fully saturated rings. The lowest BCUT2D eigenvalue weighted by Crippen LogP contribution is -2.45. The van der Waals surface area contributed by atoms with Crippen molar-refractivity contribution in [3.05, 3.63) is 0 Å². The van der Waals surface area contributed by atoms with Gasteiger partial charge in [0, 0.05) is 26.7 Å². The quantitative estimate of drug-likeness (QED) is 0.758. The Morgan fingerprint density at radius 2 is 2.13 bits per heavy atom. The summed E-state index contributed by atoms with van der Waals surface area (Å²) < 4.78 is 5.72. The first-order valence-electron chi connectivity index (χ1n) is 6.04. The van der Waals surface area contributed by atoms with Crippen molar-refractivity contribution in [2.75, 3.05) is 39.8 Å². The van der Waals surface area contributed by atoms with E-state index < -0.39 is 0 Å². The van der Waals surface area contributed by atoms with Crippen molar-refractivity contribution in [1.29, 1.82) is 0 Å². The van der Waals surface area contributed by atoms with Crippen LogP contribution in [0.2, 0.25) is 0 Å². The smallest absolute Gasteiger partial charge is 0.0940 e. The Hall–Kier alpha value is -0.120. The Morgan fingerprint density at radius 1 is 1.33 bits per heavy atom. The molecule has 1 N–H and O–H groups in total. The number of nitrogens with one attached hydrogen (secondary N) is 1. The number of nitrogens with zero attached hydrogens (tertiary/aromatic N) is 1. The third-order valence-electron chi connectivity index (χ3n) is 3.91. The van der Waals surface area contributed by atoms with Crippen LogP contribution in [0.3, 0.4) is 0 Å². The summed E-state index contributed by atoms with van der Waals surface area (Å²) in [5.74, 6) is 0. The lowest BCUT2D eigenvalue weighted by Gasteiger charge is -2.32. The van der Waals surface area contributed by atoms with Crippen molar-refractivity contribution in [3.63, 3.8) is 0 Å². The van der Waals surface area contributed by atoms with Gasteiger partial charge in [0.1, 0.15) is 0 Å². The molecule has 2 saturated heterocycles. The fourth-order valence-corrected chi connectivity index (χ4v) is 2.86. The maximum atomic E-state index is 5.72. The zero-order valence-electron chi connectivity index (χ0n) is 10.3. The maximum Gasteiger partial charge on any atom is 0.0940 e. The number of hydrogen-bond donors (Lipinski definition) is 1. The fourth-order valence-electron chi connectivity index (χ4n) is 2.86. The van der Waals surface area contributed by atoms with Crippen molar-refractivity contribution in [2.24, 2.45) is 5.41 Å². The van der Waals surface area contributed by atoms with Crippen LogP contribution in [-0.4, -0.2) is 50.3 Å². The molecule has 0 spiro atoms. The highest BCUT2D eigenvalue weighted by Crippen LogP contribution is 2.31. The van der Waals surface area contributed by atoms with E-state index in [0.29, 0.717) is 5.41 Å². The van der Waals surface area contributed by atoms with Crippen LogP contribution in [0, 0.1) is 5.41 Å². The molecule has 88 valence electrons. The van der Waals surface area contributed by atoms with Crippen LogP contribution >= 0.6 is 0 Å². The van der Waals surface area contributed by atoms with Crippen LogP contribution in [0.5, 0.6) is 0 Å². The molecule has 0 radical (unpaired) electrons. The highest BCUT2D eigenvalue weighted by Gasteiger charge is 2.39. The van der Waals surface area contributed by atoms with E-state index in [0.717, 1.165) is 26.1 Å². The normalized spacial score (nSPS) is 36.2. The standard InChI is InChI=1S/C12H24N2O/c1-11(2)5-7-14(9-11)10-12(15-3)4-6-13-8-12/h13H,4-10H2,1-3H3.